The van der Waals surface area contributed by atoms with Gasteiger partial charge < -0.3 is 10.4 Å². The summed E-state index contributed by atoms with van der Waals surface area (Å²) in [5.41, 5.74) is 0.892. The van der Waals surface area contributed by atoms with Gasteiger partial charge in [0.1, 0.15) is 11.6 Å². The van der Waals surface area contributed by atoms with E-state index in [1.165, 1.54) is 37.1 Å². The summed E-state index contributed by atoms with van der Waals surface area (Å²) in [5, 5.41) is 15.9. The Morgan fingerprint density at radius 3 is 2.50 bits per heavy atom. The van der Waals surface area contributed by atoms with Crippen LogP contribution in [0, 0.1) is 6.92 Å². The maximum atomic E-state index is 13.0. The summed E-state index contributed by atoms with van der Waals surface area (Å²) >= 11 is 1.57. The number of carbonyl (C=O) groups is 2. The van der Waals surface area contributed by atoms with Crippen molar-refractivity contribution in [1.82, 2.24) is 15.1 Å². The number of aromatic nitrogens is 2. The molecule has 1 heterocycles. The number of sulfonamides is 1. The summed E-state index contributed by atoms with van der Waals surface area (Å²) in [5.74, 6) is -0.381. The van der Waals surface area contributed by atoms with E-state index in [2.05, 4.69) is 10.4 Å². The third-order valence-electron chi connectivity index (χ3n) is 4.49. The molecule has 164 valence electrons. The molecule has 11 heteroatoms. The lowest BCUT2D eigenvalue weighted by atomic mass is 10.2. The summed E-state index contributed by atoms with van der Waals surface area (Å²) in [4.78, 5) is 24.4. The van der Waals surface area contributed by atoms with Crippen LogP contribution in [0.25, 0.3) is 0 Å². The van der Waals surface area contributed by atoms with Crippen LogP contribution in [-0.2, 0) is 21.9 Å². The number of rotatable bonds is 10. The van der Waals surface area contributed by atoms with Crippen molar-refractivity contribution in [1.29, 1.82) is 0 Å². The normalized spacial score (nSPS) is 12.4. The largest absolute Gasteiger partial charge is 0.480 e. The molecule has 0 spiro atoms. The second kappa shape index (κ2) is 9.98. The van der Waals surface area contributed by atoms with Gasteiger partial charge in [-0.2, -0.15) is 16.9 Å². The van der Waals surface area contributed by atoms with Crippen molar-refractivity contribution in [2.24, 2.45) is 7.05 Å². The van der Waals surface area contributed by atoms with Gasteiger partial charge in [0.25, 0.3) is 15.9 Å². The van der Waals surface area contributed by atoms with E-state index in [0.717, 1.165) is 15.6 Å². The molecule has 0 aliphatic rings. The van der Waals surface area contributed by atoms with E-state index < -0.39 is 27.9 Å². The van der Waals surface area contributed by atoms with Crippen LogP contribution in [0.4, 0.5) is 5.82 Å². The van der Waals surface area contributed by atoms with E-state index in [0.29, 0.717) is 5.75 Å². The van der Waals surface area contributed by atoms with Crippen LogP contribution in [-0.4, -0.2) is 59.8 Å². The molecule has 1 unspecified atom stereocenters. The van der Waals surface area contributed by atoms with E-state index in [9.17, 15) is 23.1 Å². The lowest BCUT2D eigenvalue weighted by Crippen LogP contribution is -2.41. The molecule has 0 bridgehead atoms. The van der Waals surface area contributed by atoms with Gasteiger partial charge in [0.15, 0.2) is 5.82 Å². The minimum Gasteiger partial charge on any atom is -0.480 e. The topological polar surface area (TPSA) is 122 Å². The molecule has 0 saturated carbocycles. The minimum atomic E-state index is -3.95. The number of hydrogen-bond acceptors (Lipinski definition) is 6. The highest BCUT2D eigenvalue weighted by molar-refractivity contribution is 7.99. The first-order valence-electron chi connectivity index (χ1n) is 9.28. The lowest BCUT2D eigenvalue weighted by Gasteiger charge is -2.21. The number of hydrogen-bond donors (Lipinski definition) is 2. The van der Waals surface area contributed by atoms with Crippen molar-refractivity contribution in [3.05, 3.63) is 41.6 Å². The van der Waals surface area contributed by atoms with Gasteiger partial charge in [-0.1, -0.05) is 24.6 Å². The number of aryl methyl sites for hydroxylation is 2. The molecule has 2 aromatic rings. The number of nitrogens with zero attached hydrogens (tertiary/aromatic N) is 3. The molecule has 1 amide bonds. The van der Waals surface area contributed by atoms with Gasteiger partial charge in [-0.25, -0.2) is 13.2 Å². The van der Waals surface area contributed by atoms with Crippen LogP contribution < -0.4 is 9.62 Å². The van der Waals surface area contributed by atoms with Crippen molar-refractivity contribution in [3.8, 4) is 0 Å². The Balaban J connectivity index is 2.31. The van der Waals surface area contributed by atoms with Gasteiger partial charge in [-0.05, 0) is 37.0 Å². The number of benzene rings is 1. The molecule has 2 rings (SSSR count). The smallest absolute Gasteiger partial charge is 0.326 e. The van der Waals surface area contributed by atoms with Gasteiger partial charge in [0, 0.05) is 14.1 Å². The molecule has 30 heavy (non-hydrogen) atoms. The van der Waals surface area contributed by atoms with Gasteiger partial charge in [-0.3, -0.25) is 13.8 Å². The molecule has 1 aromatic heterocycles. The fraction of sp³-hybridized carbons (Fsp3) is 0.421. The highest BCUT2D eigenvalue weighted by atomic mass is 32.2. The first kappa shape index (κ1) is 23.7. The van der Waals surface area contributed by atoms with E-state index in [1.54, 1.807) is 23.9 Å². The molecule has 1 atom stereocenters. The second-order valence-electron chi connectivity index (χ2n) is 6.64. The maximum Gasteiger partial charge on any atom is 0.326 e. The van der Waals surface area contributed by atoms with Crippen molar-refractivity contribution >= 4 is 39.5 Å². The molecule has 0 aliphatic carbocycles. The number of amides is 1. The standard InChI is InChI=1S/C19H26N4O5S2/c1-5-29-11-10-16(19(25)26)21-17(24)15-12-20-22(3)18(15)23(4)30(27,28)14-8-6-13(2)7-9-14/h6-9,12,16H,5,10-11H2,1-4H3,(H,21,24)(H,25,26). The molecular formula is C19H26N4O5S2. The molecule has 0 fully saturated rings. The minimum absolute atomic E-state index is 0.0231. The van der Waals surface area contributed by atoms with Gasteiger partial charge in [0.05, 0.1) is 11.1 Å². The number of thioether (sulfide) groups is 1. The monoisotopic (exact) mass is 454 g/mol. The fourth-order valence-corrected chi connectivity index (χ4v) is 4.72. The van der Waals surface area contributed by atoms with E-state index in [-0.39, 0.29) is 22.7 Å². The predicted molar refractivity (Wildman–Crippen MR) is 116 cm³/mol. The molecule has 0 aliphatic heterocycles. The van der Waals surface area contributed by atoms with Gasteiger partial charge in [0.2, 0.25) is 0 Å². The SMILES string of the molecule is CCSCCC(NC(=O)c1cnn(C)c1N(C)S(=O)(=O)c1ccc(C)cc1)C(=O)O. The Labute approximate surface area is 180 Å². The zero-order valence-corrected chi connectivity index (χ0v) is 19.0. The number of aliphatic carboxylic acids is 1. The Kier molecular flexibility index (Phi) is 7.90. The van der Waals surface area contributed by atoms with E-state index >= 15 is 0 Å². The van der Waals surface area contributed by atoms with Crippen LogP contribution in [0.3, 0.4) is 0 Å². The summed E-state index contributed by atoms with van der Waals surface area (Å²) in [6, 6.07) is 5.27. The number of nitrogens with one attached hydrogen (secondary N) is 1. The van der Waals surface area contributed by atoms with Crippen LogP contribution in [0.5, 0.6) is 0 Å². The quantitative estimate of drug-likeness (QED) is 0.526. The summed E-state index contributed by atoms with van der Waals surface area (Å²) < 4.78 is 28.3. The second-order valence-corrected chi connectivity index (χ2v) is 10.0. The van der Waals surface area contributed by atoms with Crippen molar-refractivity contribution < 1.29 is 23.1 Å². The molecule has 0 saturated heterocycles. The zero-order valence-electron chi connectivity index (χ0n) is 17.3. The first-order chi connectivity index (χ1) is 14.1. The van der Waals surface area contributed by atoms with Crippen LogP contribution in [0.1, 0.15) is 29.3 Å². The molecule has 9 nitrogen and oxygen atoms in total. The average molecular weight is 455 g/mol. The van der Waals surface area contributed by atoms with E-state index in [1.807, 2.05) is 13.8 Å². The van der Waals surface area contributed by atoms with E-state index in [4.69, 9.17) is 0 Å². The molecule has 2 N–H and O–H groups in total. The number of carboxylic acid groups (broad SMARTS) is 1. The summed E-state index contributed by atoms with van der Waals surface area (Å²) in [6.45, 7) is 3.81. The summed E-state index contributed by atoms with van der Waals surface area (Å²) in [6.07, 6.45) is 1.48. The van der Waals surface area contributed by atoms with Crippen LogP contribution in [0.2, 0.25) is 0 Å². The summed E-state index contributed by atoms with van der Waals surface area (Å²) in [7, 11) is -1.10. The van der Waals surface area contributed by atoms with Gasteiger partial charge in [-0.15, -0.1) is 0 Å². The third kappa shape index (κ3) is 5.33. The van der Waals surface area contributed by atoms with Gasteiger partial charge >= 0.3 is 5.97 Å². The highest BCUT2D eigenvalue weighted by Crippen LogP contribution is 2.25. The van der Waals surface area contributed by atoms with Crippen molar-refractivity contribution in [3.63, 3.8) is 0 Å². The van der Waals surface area contributed by atoms with Crippen LogP contribution in [0.15, 0.2) is 35.4 Å². The molecular weight excluding hydrogens is 428 g/mol. The number of carboxylic acids is 1. The Hall–Kier alpha value is -2.53. The number of carbonyl (C=O) groups excluding carboxylic acids is 1. The Bertz CT molecular complexity index is 1000. The average Bonchev–Trinajstić information content (AvgIpc) is 3.08. The Morgan fingerprint density at radius 1 is 1.30 bits per heavy atom. The van der Waals surface area contributed by atoms with Crippen molar-refractivity contribution in [2.75, 3.05) is 22.9 Å². The number of anilines is 1. The third-order valence-corrected chi connectivity index (χ3v) is 7.18. The highest BCUT2D eigenvalue weighted by Gasteiger charge is 2.30. The predicted octanol–water partition coefficient (Wildman–Crippen LogP) is 1.88. The van der Waals surface area contributed by atoms with Crippen LogP contribution >= 0.6 is 11.8 Å². The fourth-order valence-electron chi connectivity index (χ4n) is 2.79. The van der Waals surface area contributed by atoms with Crippen molar-refractivity contribution in [2.45, 2.75) is 31.2 Å². The zero-order chi connectivity index (χ0) is 22.5. The Morgan fingerprint density at radius 2 is 1.93 bits per heavy atom. The molecule has 0 radical (unpaired) electrons. The maximum absolute atomic E-state index is 13.0. The lowest BCUT2D eigenvalue weighted by molar-refractivity contribution is -0.139. The first-order valence-corrected chi connectivity index (χ1v) is 11.9. The molecule has 1 aromatic carbocycles.